The fourth-order valence-electron chi connectivity index (χ4n) is 1.36. The normalized spacial score (nSPS) is 11.8. The van der Waals surface area contributed by atoms with Gasteiger partial charge in [0.05, 0.1) is 5.56 Å². The van der Waals surface area contributed by atoms with Gasteiger partial charge in [-0.05, 0) is 18.2 Å². The fourth-order valence-corrected chi connectivity index (χ4v) is 1.83. The Balaban J connectivity index is 2.56. The van der Waals surface area contributed by atoms with Gasteiger partial charge in [-0.25, -0.2) is 0 Å². The summed E-state index contributed by atoms with van der Waals surface area (Å²) in [5.41, 5.74) is -0.982. The molecule has 2 aromatic rings. The largest absolute Gasteiger partial charge is 0.417 e. The molecule has 0 aliphatic heterocycles. The summed E-state index contributed by atoms with van der Waals surface area (Å²) in [4.78, 5) is 3.78. The first kappa shape index (κ1) is 13.4. The molecule has 0 saturated carbocycles. The zero-order valence-corrected chi connectivity index (χ0v) is 11.0. The first-order valence-corrected chi connectivity index (χ1v) is 6.00. The van der Waals surface area contributed by atoms with E-state index in [1.807, 2.05) is 0 Å². The number of halogens is 5. The van der Waals surface area contributed by atoms with Crippen molar-refractivity contribution in [2.24, 2.45) is 0 Å². The maximum atomic E-state index is 12.9. The molecule has 0 bridgehead atoms. The highest BCUT2D eigenvalue weighted by molar-refractivity contribution is 9.10. The lowest BCUT2D eigenvalue weighted by atomic mass is 10.1. The van der Waals surface area contributed by atoms with E-state index in [9.17, 15) is 13.2 Å². The molecule has 0 amide bonds. The van der Waals surface area contributed by atoms with Crippen LogP contribution in [-0.4, -0.2) is 10.1 Å². The van der Waals surface area contributed by atoms with Crippen molar-refractivity contribution in [1.82, 2.24) is 10.1 Å². The second-order valence-electron chi connectivity index (χ2n) is 3.33. The standard InChI is InChI=1S/C10H5BrClF3N2O/c11-5-1-2-6(7(3-5)10(13,14)15)9-16-8(4-12)18-17-9/h1-3H,4H2. The van der Waals surface area contributed by atoms with E-state index in [1.54, 1.807) is 0 Å². The van der Waals surface area contributed by atoms with Crippen molar-refractivity contribution in [2.45, 2.75) is 12.1 Å². The van der Waals surface area contributed by atoms with Crippen LogP contribution in [0.4, 0.5) is 13.2 Å². The molecule has 0 atom stereocenters. The molecule has 0 N–H and O–H groups in total. The lowest BCUT2D eigenvalue weighted by Crippen LogP contribution is -2.07. The van der Waals surface area contributed by atoms with Gasteiger partial charge in [0.2, 0.25) is 11.7 Å². The van der Waals surface area contributed by atoms with Crippen molar-refractivity contribution in [3.63, 3.8) is 0 Å². The van der Waals surface area contributed by atoms with Gasteiger partial charge < -0.3 is 4.52 Å². The maximum absolute atomic E-state index is 12.9. The average molecular weight is 342 g/mol. The van der Waals surface area contributed by atoms with E-state index < -0.39 is 11.7 Å². The number of hydrogen-bond donors (Lipinski definition) is 0. The minimum absolute atomic E-state index is 0.0507. The van der Waals surface area contributed by atoms with Crippen LogP contribution in [0.15, 0.2) is 27.2 Å². The van der Waals surface area contributed by atoms with Gasteiger partial charge in [-0.2, -0.15) is 18.2 Å². The van der Waals surface area contributed by atoms with E-state index in [-0.39, 0.29) is 23.2 Å². The molecule has 3 nitrogen and oxygen atoms in total. The van der Waals surface area contributed by atoms with Crippen molar-refractivity contribution in [3.05, 3.63) is 34.1 Å². The lowest BCUT2D eigenvalue weighted by molar-refractivity contribution is -0.137. The molecule has 96 valence electrons. The molecule has 0 unspecified atom stereocenters. The molecule has 1 heterocycles. The Morgan fingerprint density at radius 2 is 2.06 bits per heavy atom. The van der Waals surface area contributed by atoms with Gasteiger partial charge in [-0.3, -0.25) is 0 Å². The van der Waals surface area contributed by atoms with Crippen LogP contribution in [0.25, 0.3) is 11.4 Å². The molecule has 0 fully saturated rings. The summed E-state index contributed by atoms with van der Waals surface area (Å²) in [7, 11) is 0. The third-order valence-electron chi connectivity index (χ3n) is 2.11. The van der Waals surface area contributed by atoms with Crippen LogP contribution in [0, 0.1) is 0 Å². The number of rotatable bonds is 2. The average Bonchev–Trinajstić information content (AvgIpc) is 2.76. The first-order chi connectivity index (χ1) is 8.41. The monoisotopic (exact) mass is 340 g/mol. The molecule has 0 aliphatic carbocycles. The van der Waals surface area contributed by atoms with Gasteiger partial charge in [0.1, 0.15) is 5.88 Å². The Hall–Kier alpha value is -1.08. The van der Waals surface area contributed by atoms with Crippen LogP contribution >= 0.6 is 27.5 Å². The van der Waals surface area contributed by atoms with Crippen LogP contribution in [0.5, 0.6) is 0 Å². The zero-order valence-electron chi connectivity index (χ0n) is 8.63. The van der Waals surface area contributed by atoms with Crippen LogP contribution in [0.3, 0.4) is 0 Å². The van der Waals surface area contributed by atoms with Gasteiger partial charge in [-0.15, -0.1) is 11.6 Å². The van der Waals surface area contributed by atoms with E-state index in [4.69, 9.17) is 16.1 Å². The lowest BCUT2D eigenvalue weighted by Gasteiger charge is -2.10. The van der Waals surface area contributed by atoms with Gasteiger partial charge >= 0.3 is 6.18 Å². The van der Waals surface area contributed by atoms with Crippen molar-refractivity contribution >= 4 is 27.5 Å². The van der Waals surface area contributed by atoms with E-state index in [2.05, 4.69) is 26.1 Å². The Morgan fingerprint density at radius 1 is 1.33 bits per heavy atom. The molecule has 0 aliphatic rings. The van der Waals surface area contributed by atoms with Crippen molar-refractivity contribution in [1.29, 1.82) is 0 Å². The minimum Gasteiger partial charge on any atom is -0.338 e. The first-order valence-electron chi connectivity index (χ1n) is 4.67. The summed E-state index contributed by atoms with van der Waals surface area (Å²) in [6.45, 7) is 0. The van der Waals surface area contributed by atoms with E-state index in [0.717, 1.165) is 6.07 Å². The van der Waals surface area contributed by atoms with Gasteiger partial charge in [-0.1, -0.05) is 21.1 Å². The van der Waals surface area contributed by atoms with Crippen LogP contribution in [-0.2, 0) is 12.1 Å². The van der Waals surface area contributed by atoms with Crippen molar-refractivity contribution < 1.29 is 17.7 Å². The third-order valence-corrected chi connectivity index (χ3v) is 2.83. The maximum Gasteiger partial charge on any atom is 0.417 e. The number of nitrogens with zero attached hydrogens (tertiary/aromatic N) is 2. The Kier molecular flexibility index (Phi) is 3.63. The zero-order chi connectivity index (χ0) is 13.3. The number of benzene rings is 1. The second kappa shape index (κ2) is 4.89. The summed E-state index contributed by atoms with van der Waals surface area (Å²) >= 11 is 8.45. The predicted octanol–water partition coefficient (Wildman–Crippen LogP) is 4.26. The molecule has 1 aromatic heterocycles. The molecule has 8 heteroatoms. The molecule has 0 radical (unpaired) electrons. The molecule has 18 heavy (non-hydrogen) atoms. The molecular weight excluding hydrogens is 336 g/mol. The number of hydrogen-bond acceptors (Lipinski definition) is 3. The topological polar surface area (TPSA) is 38.9 Å². The highest BCUT2D eigenvalue weighted by atomic mass is 79.9. The van der Waals surface area contributed by atoms with Gasteiger partial charge in [0.25, 0.3) is 0 Å². The van der Waals surface area contributed by atoms with Gasteiger partial charge in [0.15, 0.2) is 0 Å². The number of aromatic nitrogens is 2. The third kappa shape index (κ3) is 2.67. The van der Waals surface area contributed by atoms with E-state index >= 15 is 0 Å². The van der Waals surface area contributed by atoms with Crippen molar-refractivity contribution in [2.75, 3.05) is 0 Å². The Morgan fingerprint density at radius 3 is 2.61 bits per heavy atom. The summed E-state index contributed by atoms with van der Waals surface area (Å²) in [6, 6.07) is 3.71. The summed E-state index contributed by atoms with van der Waals surface area (Å²) < 4.78 is 43.6. The predicted molar refractivity (Wildman–Crippen MR) is 62.0 cm³/mol. The summed E-state index contributed by atoms with van der Waals surface area (Å²) in [6.07, 6.45) is -4.50. The SMILES string of the molecule is FC(F)(F)c1cc(Br)ccc1-c1noc(CCl)n1. The number of alkyl halides is 4. The Labute approximate surface area is 113 Å². The van der Waals surface area contributed by atoms with E-state index in [0.29, 0.717) is 4.47 Å². The second-order valence-corrected chi connectivity index (χ2v) is 4.52. The van der Waals surface area contributed by atoms with Gasteiger partial charge in [0, 0.05) is 10.0 Å². The molecule has 2 rings (SSSR count). The smallest absolute Gasteiger partial charge is 0.338 e. The quantitative estimate of drug-likeness (QED) is 0.766. The summed E-state index contributed by atoms with van der Waals surface area (Å²) in [5, 5.41) is 3.48. The minimum atomic E-state index is -4.50. The fraction of sp³-hybridized carbons (Fsp3) is 0.200. The molecule has 0 spiro atoms. The van der Waals surface area contributed by atoms with E-state index in [1.165, 1.54) is 12.1 Å². The highest BCUT2D eigenvalue weighted by Crippen LogP contribution is 2.37. The summed E-state index contributed by atoms with van der Waals surface area (Å²) in [5.74, 6) is -0.113. The van der Waals surface area contributed by atoms with Crippen LogP contribution < -0.4 is 0 Å². The molecular formula is C10H5BrClF3N2O. The van der Waals surface area contributed by atoms with Crippen LogP contribution in [0.2, 0.25) is 0 Å². The Bertz CT molecular complexity index is 570. The highest BCUT2D eigenvalue weighted by Gasteiger charge is 2.35. The molecule has 0 saturated heterocycles. The molecule has 1 aromatic carbocycles. The van der Waals surface area contributed by atoms with Crippen LogP contribution in [0.1, 0.15) is 11.5 Å². The van der Waals surface area contributed by atoms with Crippen molar-refractivity contribution in [3.8, 4) is 11.4 Å².